The first-order valence-corrected chi connectivity index (χ1v) is 10.1. The summed E-state index contributed by atoms with van der Waals surface area (Å²) < 4.78 is 11.5. The van der Waals surface area contributed by atoms with Crippen molar-refractivity contribution in [2.24, 2.45) is 11.3 Å². The Kier molecular flexibility index (Phi) is 6.21. The van der Waals surface area contributed by atoms with Gasteiger partial charge in [0, 0.05) is 19.0 Å². The molecule has 1 saturated heterocycles. The molecule has 2 fully saturated rings. The molecule has 3 aliphatic rings. The lowest BCUT2D eigenvalue weighted by atomic mass is 9.91. The molecule has 150 valence electrons. The van der Waals surface area contributed by atoms with Gasteiger partial charge in [-0.2, -0.15) is 0 Å². The average molecular weight is 395 g/mol. The van der Waals surface area contributed by atoms with Gasteiger partial charge in [-0.1, -0.05) is 0 Å². The van der Waals surface area contributed by atoms with E-state index in [1.165, 1.54) is 11.1 Å². The van der Waals surface area contributed by atoms with Gasteiger partial charge in [0.15, 0.2) is 11.5 Å². The molecule has 1 atom stereocenters. The fourth-order valence-corrected chi connectivity index (χ4v) is 4.68. The zero-order chi connectivity index (χ0) is 18.1. The summed E-state index contributed by atoms with van der Waals surface area (Å²) in [6, 6.07) is 4.19. The van der Waals surface area contributed by atoms with Crippen LogP contribution >= 0.6 is 12.4 Å². The number of fused-ring (bicyclic) bond motifs is 1. The Labute approximate surface area is 168 Å². The van der Waals surface area contributed by atoms with Gasteiger partial charge < -0.3 is 19.7 Å². The Morgan fingerprint density at radius 2 is 1.78 bits per heavy atom. The molecule has 0 bridgehead atoms. The SMILES string of the molecule is CCOc1cc2c(cc1OCC)CN(C(=O)C1CC13CCNCC3)CC2.Cl. The van der Waals surface area contributed by atoms with Crippen molar-refractivity contribution in [1.82, 2.24) is 10.2 Å². The van der Waals surface area contributed by atoms with Crippen LogP contribution in [0.2, 0.25) is 0 Å². The zero-order valence-electron chi connectivity index (χ0n) is 16.4. The summed E-state index contributed by atoms with van der Waals surface area (Å²) in [6.45, 7) is 8.84. The molecule has 0 aromatic heterocycles. The lowest BCUT2D eigenvalue weighted by Gasteiger charge is -2.31. The summed E-state index contributed by atoms with van der Waals surface area (Å²) in [5.74, 6) is 2.23. The molecular weight excluding hydrogens is 364 g/mol. The van der Waals surface area contributed by atoms with Crippen LogP contribution < -0.4 is 14.8 Å². The quantitative estimate of drug-likeness (QED) is 0.833. The smallest absolute Gasteiger partial charge is 0.226 e. The van der Waals surface area contributed by atoms with Gasteiger partial charge in [-0.05, 0) is 81.3 Å². The molecule has 1 N–H and O–H groups in total. The Morgan fingerprint density at radius 3 is 2.41 bits per heavy atom. The van der Waals surface area contributed by atoms with Crippen LogP contribution in [0.5, 0.6) is 11.5 Å². The summed E-state index contributed by atoms with van der Waals surface area (Å²) in [6.07, 6.45) is 4.29. The summed E-state index contributed by atoms with van der Waals surface area (Å²) >= 11 is 0. The summed E-state index contributed by atoms with van der Waals surface area (Å²) in [5.41, 5.74) is 2.79. The van der Waals surface area contributed by atoms with Crippen molar-refractivity contribution in [2.45, 2.75) is 46.1 Å². The molecule has 6 heteroatoms. The van der Waals surface area contributed by atoms with E-state index < -0.39 is 0 Å². The van der Waals surface area contributed by atoms with Crippen molar-refractivity contribution in [3.05, 3.63) is 23.3 Å². The van der Waals surface area contributed by atoms with Crippen molar-refractivity contribution < 1.29 is 14.3 Å². The highest BCUT2D eigenvalue weighted by molar-refractivity contribution is 5.85. The van der Waals surface area contributed by atoms with Gasteiger partial charge >= 0.3 is 0 Å². The normalized spacial score (nSPS) is 22.6. The number of carbonyl (C=O) groups excluding carboxylic acids is 1. The topological polar surface area (TPSA) is 50.8 Å². The molecule has 1 spiro atoms. The van der Waals surface area contributed by atoms with E-state index >= 15 is 0 Å². The third-order valence-electron chi connectivity index (χ3n) is 6.28. The van der Waals surface area contributed by atoms with E-state index in [4.69, 9.17) is 9.47 Å². The molecule has 0 radical (unpaired) electrons. The van der Waals surface area contributed by atoms with Crippen LogP contribution in [-0.2, 0) is 17.8 Å². The second-order valence-corrected chi connectivity index (χ2v) is 7.81. The van der Waals surface area contributed by atoms with Gasteiger partial charge in [0.05, 0.1) is 13.2 Å². The molecule has 4 rings (SSSR count). The lowest BCUT2D eigenvalue weighted by molar-refractivity contribution is -0.134. The third-order valence-corrected chi connectivity index (χ3v) is 6.28. The predicted octanol–water partition coefficient (Wildman–Crippen LogP) is 3.18. The molecule has 1 aromatic carbocycles. The Bertz CT molecular complexity index is 688. The largest absolute Gasteiger partial charge is 0.490 e. The molecule has 1 unspecified atom stereocenters. The lowest BCUT2D eigenvalue weighted by Crippen LogP contribution is -2.39. The number of hydrogen-bond donors (Lipinski definition) is 1. The fraction of sp³-hybridized carbons (Fsp3) is 0.667. The van der Waals surface area contributed by atoms with Crippen LogP contribution in [0.15, 0.2) is 12.1 Å². The summed E-state index contributed by atoms with van der Waals surface area (Å²) in [4.78, 5) is 15.1. The van der Waals surface area contributed by atoms with E-state index in [-0.39, 0.29) is 18.3 Å². The number of amides is 1. The van der Waals surface area contributed by atoms with Crippen LogP contribution in [0.4, 0.5) is 0 Å². The second kappa shape index (κ2) is 8.27. The van der Waals surface area contributed by atoms with Crippen LogP contribution in [0.25, 0.3) is 0 Å². The monoisotopic (exact) mass is 394 g/mol. The molecule has 2 aliphatic heterocycles. The van der Waals surface area contributed by atoms with Gasteiger partial charge in [0.2, 0.25) is 5.91 Å². The number of rotatable bonds is 5. The van der Waals surface area contributed by atoms with E-state index in [1.807, 2.05) is 13.8 Å². The minimum atomic E-state index is 0. The maximum atomic E-state index is 13.1. The van der Waals surface area contributed by atoms with Gasteiger partial charge in [-0.3, -0.25) is 4.79 Å². The number of hydrogen-bond acceptors (Lipinski definition) is 4. The fourth-order valence-electron chi connectivity index (χ4n) is 4.68. The van der Waals surface area contributed by atoms with E-state index in [1.54, 1.807) is 0 Å². The maximum Gasteiger partial charge on any atom is 0.226 e. The van der Waals surface area contributed by atoms with Crippen molar-refractivity contribution in [3.8, 4) is 11.5 Å². The number of nitrogens with one attached hydrogen (secondary N) is 1. The summed E-state index contributed by atoms with van der Waals surface area (Å²) in [7, 11) is 0. The van der Waals surface area contributed by atoms with Gasteiger partial charge in [0.25, 0.3) is 0 Å². The van der Waals surface area contributed by atoms with Crippen LogP contribution in [-0.4, -0.2) is 43.7 Å². The van der Waals surface area contributed by atoms with E-state index in [0.717, 1.165) is 56.8 Å². The Hall–Kier alpha value is -1.46. The number of halogens is 1. The summed E-state index contributed by atoms with van der Waals surface area (Å²) in [5, 5.41) is 3.42. The molecule has 2 heterocycles. The van der Waals surface area contributed by atoms with E-state index in [9.17, 15) is 4.79 Å². The van der Waals surface area contributed by atoms with E-state index in [2.05, 4.69) is 22.3 Å². The molecule has 5 nitrogen and oxygen atoms in total. The highest BCUT2D eigenvalue weighted by Gasteiger charge is 2.58. The second-order valence-electron chi connectivity index (χ2n) is 7.81. The van der Waals surface area contributed by atoms with Gasteiger partial charge in [0.1, 0.15) is 0 Å². The third kappa shape index (κ3) is 3.90. The van der Waals surface area contributed by atoms with Crippen LogP contribution in [0.3, 0.4) is 0 Å². The highest BCUT2D eigenvalue weighted by Crippen LogP contribution is 2.59. The minimum absolute atomic E-state index is 0. The first-order valence-electron chi connectivity index (χ1n) is 10.1. The van der Waals surface area contributed by atoms with Gasteiger partial charge in [-0.25, -0.2) is 0 Å². The standard InChI is InChI=1S/C21H30N2O3.ClH/c1-3-25-18-11-15-5-10-23(14-16(15)12-19(18)26-4-2)20(24)17-13-21(17)6-8-22-9-7-21;/h11-12,17,22H,3-10,13-14H2,1-2H3;1H. The molecule has 27 heavy (non-hydrogen) atoms. The number of nitrogens with zero attached hydrogens (tertiary/aromatic N) is 1. The van der Waals surface area contributed by atoms with Crippen molar-refractivity contribution in [2.75, 3.05) is 32.8 Å². The molecule has 1 saturated carbocycles. The molecule has 1 aliphatic carbocycles. The van der Waals surface area contributed by atoms with Gasteiger partial charge in [-0.15, -0.1) is 12.4 Å². The predicted molar refractivity (Wildman–Crippen MR) is 108 cm³/mol. The Balaban J connectivity index is 0.00000210. The number of ether oxygens (including phenoxy) is 2. The number of carbonyl (C=O) groups is 1. The van der Waals surface area contributed by atoms with Crippen LogP contribution in [0, 0.1) is 11.3 Å². The highest BCUT2D eigenvalue weighted by atomic mass is 35.5. The maximum absolute atomic E-state index is 13.1. The molecule has 1 amide bonds. The van der Waals surface area contributed by atoms with Crippen molar-refractivity contribution in [1.29, 1.82) is 0 Å². The van der Waals surface area contributed by atoms with E-state index in [0.29, 0.717) is 31.1 Å². The minimum Gasteiger partial charge on any atom is -0.490 e. The van der Waals surface area contributed by atoms with Crippen LogP contribution in [0.1, 0.15) is 44.2 Å². The number of benzene rings is 1. The first-order chi connectivity index (χ1) is 12.7. The zero-order valence-corrected chi connectivity index (χ0v) is 17.2. The molecular formula is C21H31ClN2O3. The average Bonchev–Trinajstić information content (AvgIpc) is 3.35. The number of piperidine rings is 1. The van der Waals surface area contributed by atoms with Crippen molar-refractivity contribution in [3.63, 3.8) is 0 Å². The Morgan fingerprint density at radius 1 is 1.15 bits per heavy atom. The first kappa shape index (κ1) is 20.3. The van der Waals surface area contributed by atoms with Crippen molar-refractivity contribution >= 4 is 18.3 Å². The molecule has 1 aromatic rings.